The maximum Gasteiger partial charge on any atom is 0.0732 e. The van der Waals surface area contributed by atoms with Crippen molar-refractivity contribution in [3.8, 4) is 0 Å². The molecule has 0 aromatic heterocycles. The number of hydrogen-bond donors (Lipinski definition) is 0. The summed E-state index contributed by atoms with van der Waals surface area (Å²) in [6.45, 7) is 17.1. The minimum atomic E-state index is -1.35. The Kier molecular flexibility index (Phi) is 3.76. The van der Waals surface area contributed by atoms with Crippen LogP contribution >= 0.6 is 0 Å². The largest absolute Gasteiger partial charge is 0.0949 e. The van der Waals surface area contributed by atoms with Gasteiger partial charge in [0, 0.05) is 0 Å². The van der Waals surface area contributed by atoms with Gasteiger partial charge in [0.1, 0.15) is 0 Å². The Morgan fingerprint density at radius 2 is 1.77 bits per heavy atom. The molecule has 118 valence electrons. The summed E-state index contributed by atoms with van der Waals surface area (Å²) in [7, 11) is -1.35. The highest BCUT2D eigenvalue weighted by atomic mass is 28.3. The Labute approximate surface area is 137 Å². The van der Waals surface area contributed by atoms with Crippen LogP contribution in [0.2, 0.25) is 19.6 Å². The van der Waals surface area contributed by atoms with E-state index in [0.29, 0.717) is 11.3 Å². The van der Waals surface area contributed by atoms with E-state index in [0.717, 1.165) is 5.92 Å². The third kappa shape index (κ3) is 2.54. The van der Waals surface area contributed by atoms with E-state index >= 15 is 0 Å². The van der Waals surface area contributed by atoms with Gasteiger partial charge in [0.05, 0.1) is 8.07 Å². The summed E-state index contributed by atoms with van der Waals surface area (Å²) in [5.41, 5.74) is 4.80. The first-order valence-corrected chi connectivity index (χ1v) is 12.2. The van der Waals surface area contributed by atoms with Crippen LogP contribution in [0.4, 0.5) is 0 Å². The molecule has 3 atom stereocenters. The van der Waals surface area contributed by atoms with E-state index in [1.807, 2.05) is 0 Å². The first kappa shape index (κ1) is 15.8. The second-order valence-corrected chi connectivity index (χ2v) is 14.0. The van der Waals surface area contributed by atoms with E-state index in [4.69, 9.17) is 0 Å². The lowest BCUT2D eigenvalue weighted by Crippen LogP contribution is -2.37. The topological polar surface area (TPSA) is 0 Å². The van der Waals surface area contributed by atoms with Gasteiger partial charge in [0.15, 0.2) is 0 Å². The van der Waals surface area contributed by atoms with E-state index in [9.17, 15) is 0 Å². The summed E-state index contributed by atoms with van der Waals surface area (Å²) in [5.74, 6) is 1.52. The van der Waals surface area contributed by atoms with Crippen LogP contribution in [0.5, 0.6) is 0 Å². The van der Waals surface area contributed by atoms with Gasteiger partial charge in [-0.05, 0) is 53.2 Å². The fourth-order valence-electron chi connectivity index (χ4n) is 4.93. The van der Waals surface area contributed by atoms with Crippen LogP contribution in [-0.2, 0) is 0 Å². The van der Waals surface area contributed by atoms with Gasteiger partial charge in [-0.2, -0.15) is 0 Å². The van der Waals surface area contributed by atoms with Crippen molar-refractivity contribution in [1.29, 1.82) is 0 Å². The molecule has 1 aromatic rings. The van der Waals surface area contributed by atoms with Crippen LogP contribution in [0.25, 0.3) is 5.57 Å². The molecule has 0 amide bonds. The molecule has 1 heteroatoms. The van der Waals surface area contributed by atoms with Crippen molar-refractivity contribution in [1.82, 2.24) is 0 Å². The Bertz CT molecular complexity index is 617. The van der Waals surface area contributed by atoms with Gasteiger partial charge in [-0.3, -0.25) is 0 Å². The highest BCUT2D eigenvalue weighted by molar-refractivity contribution is 6.84. The van der Waals surface area contributed by atoms with Crippen molar-refractivity contribution in [3.05, 3.63) is 53.2 Å². The molecule has 0 spiro atoms. The molecular weight excluding hydrogens is 280 g/mol. The molecule has 0 bridgehead atoms. The molecule has 1 saturated carbocycles. The molecule has 1 fully saturated rings. The standard InChI is InChI=1S/C21H30Si/c1-15-12-18-16(2)20(17-10-8-7-9-11-17)19(22(4,5)6)14-21(18,3)13-15/h7-11,15,18H,2,12-14H2,1,3-6H3/t15-,18+,21+/m0/s1. The van der Waals surface area contributed by atoms with Gasteiger partial charge in [0.2, 0.25) is 0 Å². The molecule has 0 aliphatic heterocycles. The maximum absolute atomic E-state index is 4.62. The smallest absolute Gasteiger partial charge is 0.0732 e. The zero-order valence-electron chi connectivity index (χ0n) is 14.9. The predicted molar refractivity (Wildman–Crippen MR) is 100 cm³/mol. The second-order valence-electron chi connectivity index (χ2n) is 8.92. The SMILES string of the molecule is C=C1C(c2ccccc2)=C([Si](C)(C)C)C[C@@]2(C)C[C@@H](C)C[C@H]12. The van der Waals surface area contributed by atoms with Gasteiger partial charge < -0.3 is 0 Å². The number of fused-ring (bicyclic) bond motifs is 1. The molecule has 22 heavy (non-hydrogen) atoms. The average molecular weight is 311 g/mol. The molecule has 0 unspecified atom stereocenters. The van der Waals surface area contributed by atoms with Crippen molar-refractivity contribution in [2.75, 3.05) is 0 Å². The quantitative estimate of drug-likeness (QED) is 0.560. The molecule has 0 heterocycles. The Balaban J connectivity index is 2.17. The average Bonchev–Trinajstić information content (AvgIpc) is 2.74. The van der Waals surface area contributed by atoms with Crippen LogP contribution < -0.4 is 0 Å². The Morgan fingerprint density at radius 1 is 1.14 bits per heavy atom. The highest BCUT2D eigenvalue weighted by Gasteiger charge is 2.49. The highest BCUT2D eigenvalue weighted by Crippen LogP contribution is 2.59. The van der Waals surface area contributed by atoms with Crippen LogP contribution in [-0.4, -0.2) is 8.07 Å². The monoisotopic (exact) mass is 310 g/mol. The molecule has 0 saturated heterocycles. The molecule has 2 aliphatic rings. The van der Waals surface area contributed by atoms with Gasteiger partial charge in [-0.15, -0.1) is 0 Å². The first-order valence-electron chi connectivity index (χ1n) is 8.70. The molecule has 3 rings (SSSR count). The Hall–Kier alpha value is -1.08. The molecule has 0 N–H and O–H groups in total. The van der Waals surface area contributed by atoms with E-state index in [2.05, 4.69) is 70.4 Å². The summed E-state index contributed by atoms with van der Waals surface area (Å²) in [5, 5.41) is 1.75. The zero-order chi connectivity index (χ0) is 16.1. The number of allylic oxidation sites excluding steroid dienone is 3. The zero-order valence-corrected chi connectivity index (χ0v) is 15.9. The van der Waals surface area contributed by atoms with Crippen molar-refractivity contribution in [2.24, 2.45) is 17.3 Å². The number of hydrogen-bond acceptors (Lipinski definition) is 0. The normalized spacial score (nSPS) is 32.3. The van der Waals surface area contributed by atoms with Crippen LogP contribution in [0, 0.1) is 17.3 Å². The fourth-order valence-corrected chi connectivity index (χ4v) is 6.92. The van der Waals surface area contributed by atoms with E-state index < -0.39 is 8.07 Å². The van der Waals surface area contributed by atoms with E-state index in [1.54, 1.807) is 5.20 Å². The van der Waals surface area contributed by atoms with Gasteiger partial charge in [-0.1, -0.05) is 75.6 Å². The molecule has 0 nitrogen and oxygen atoms in total. The van der Waals surface area contributed by atoms with Crippen molar-refractivity contribution in [3.63, 3.8) is 0 Å². The Morgan fingerprint density at radius 3 is 2.36 bits per heavy atom. The van der Waals surface area contributed by atoms with Crippen LogP contribution in [0.15, 0.2) is 47.7 Å². The summed E-state index contributed by atoms with van der Waals surface area (Å²) >= 11 is 0. The van der Waals surface area contributed by atoms with Crippen molar-refractivity contribution < 1.29 is 0 Å². The number of benzene rings is 1. The van der Waals surface area contributed by atoms with E-state index in [1.165, 1.54) is 36.0 Å². The molecular formula is C21H30Si. The minimum Gasteiger partial charge on any atom is -0.0949 e. The lowest BCUT2D eigenvalue weighted by molar-refractivity contribution is 0.256. The molecule has 0 radical (unpaired) electrons. The fraction of sp³-hybridized carbons (Fsp3) is 0.524. The van der Waals surface area contributed by atoms with Crippen LogP contribution in [0.1, 0.15) is 38.7 Å². The molecule has 2 aliphatic carbocycles. The summed E-state index contributed by atoms with van der Waals surface area (Å²) in [6.07, 6.45) is 3.98. The van der Waals surface area contributed by atoms with Crippen molar-refractivity contribution >= 4 is 13.6 Å². The third-order valence-corrected chi connectivity index (χ3v) is 8.12. The minimum absolute atomic E-state index is 0.449. The lowest BCUT2D eigenvalue weighted by atomic mass is 9.67. The molecule has 1 aromatic carbocycles. The first-order chi connectivity index (χ1) is 10.2. The summed E-state index contributed by atoms with van der Waals surface area (Å²) < 4.78 is 0. The van der Waals surface area contributed by atoms with Gasteiger partial charge >= 0.3 is 0 Å². The summed E-state index contributed by atoms with van der Waals surface area (Å²) in [6, 6.07) is 11.0. The summed E-state index contributed by atoms with van der Waals surface area (Å²) in [4.78, 5) is 0. The predicted octanol–water partition coefficient (Wildman–Crippen LogP) is 6.33. The van der Waals surface area contributed by atoms with E-state index in [-0.39, 0.29) is 0 Å². The van der Waals surface area contributed by atoms with Crippen molar-refractivity contribution in [2.45, 2.75) is 52.8 Å². The maximum atomic E-state index is 4.62. The lowest BCUT2D eigenvalue weighted by Gasteiger charge is -2.44. The second kappa shape index (κ2) is 5.23. The third-order valence-electron chi connectivity index (χ3n) is 5.89. The number of rotatable bonds is 2. The van der Waals surface area contributed by atoms with Gasteiger partial charge in [-0.25, -0.2) is 0 Å². The van der Waals surface area contributed by atoms with Gasteiger partial charge in [0.25, 0.3) is 0 Å². The van der Waals surface area contributed by atoms with Crippen LogP contribution in [0.3, 0.4) is 0 Å².